The van der Waals surface area contributed by atoms with Gasteiger partial charge in [-0.1, -0.05) is 36.2 Å². The van der Waals surface area contributed by atoms with Gasteiger partial charge in [0.25, 0.3) is 0 Å². The van der Waals surface area contributed by atoms with E-state index in [4.69, 9.17) is 0 Å². The standard InChI is InChI=1S/C23H37BrO2/c1-21(26)11-12-22(2)15(13-21)6-7-16-17(22)5-4-10-23(3)18(16)8-9-19(23)20(25)14-24/h15-19,26H,4-14H2,1-3H3/t15-,16+,17-,18-,19+,21+,22-,23-/m0/s1. The fraction of sp³-hybridized carbons (Fsp3) is 0.957. The van der Waals surface area contributed by atoms with E-state index < -0.39 is 5.60 Å². The average Bonchev–Trinajstić information content (AvgIpc) is 2.84. The third-order valence-corrected chi connectivity index (χ3v) is 10.3. The van der Waals surface area contributed by atoms with Crippen LogP contribution in [0.1, 0.15) is 85.0 Å². The van der Waals surface area contributed by atoms with Crippen LogP contribution >= 0.6 is 15.9 Å². The van der Waals surface area contributed by atoms with Crippen molar-refractivity contribution in [2.45, 2.75) is 90.6 Å². The third kappa shape index (κ3) is 2.86. The molecule has 26 heavy (non-hydrogen) atoms. The lowest BCUT2D eigenvalue weighted by Gasteiger charge is -2.58. The molecule has 0 aromatic carbocycles. The van der Waals surface area contributed by atoms with Crippen LogP contribution in [-0.2, 0) is 4.79 Å². The highest BCUT2D eigenvalue weighted by Crippen LogP contribution is 2.66. The number of hydrogen-bond acceptors (Lipinski definition) is 2. The van der Waals surface area contributed by atoms with Crippen LogP contribution < -0.4 is 0 Å². The lowest BCUT2D eigenvalue weighted by atomic mass is 9.48. The number of alkyl halides is 1. The molecule has 0 bridgehead atoms. The van der Waals surface area contributed by atoms with Crippen LogP contribution in [0.4, 0.5) is 0 Å². The number of rotatable bonds is 2. The Kier molecular flexibility index (Phi) is 4.91. The Hall–Kier alpha value is 0.110. The summed E-state index contributed by atoms with van der Waals surface area (Å²) >= 11 is 3.45. The Labute approximate surface area is 168 Å². The highest BCUT2D eigenvalue weighted by atomic mass is 79.9. The Bertz CT molecular complexity index is 573. The number of halogens is 1. The Morgan fingerprint density at radius 2 is 1.69 bits per heavy atom. The van der Waals surface area contributed by atoms with Crippen molar-refractivity contribution in [3.63, 3.8) is 0 Å². The van der Waals surface area contributed by atoms with Crippen molar-refractivity contribution in [3.8, 4) is 0 Å². The molecule has 4 fully saturated rings. The van der Waals surface area contributed by atoms with E-state index in [1.165, 1.54) is 44.9 Å². The van der Waals surface area contributed by atoms with Gasteiger partial charge in [-0.25, -0.2) is 0 Å². The number of carbonyl (C=O) groups excluding carboxylic acids is 1. The summed E-state index contributed by atoms with van der Waals surface area (Å²) in [5.74, 6) is 3.77. The van der Waals surface area contributed by atoms with Crippen molar-refractivity contribution in [1.29, 1.82) is 0 Å². The highest BCUT2D eigenvalue weighted by Gasteiger charge is 2.59. The molecular formula is C23H37BrO2. The minimum Gasteiger partial charge on any atom is -0.390 e. The lowest BCUT2D eigenvalue weighted by molar-refractivity contribution is -0.128. The van der Waals surface area contributed by atoms with E-state index in [2.05, 4.69) is 36.7 Å². The van der Waals surface area contributed by atoms with Gasteiger partial charge in [0.15, 0.2) is 0 Å². The topological polar surface area (TPSA) is 37.3 Å². The zero-order valence-corrected chi connectivity index (χ0v) is 18.5. The second-order valence-electron chi connectivity index (χ2n) is 11.0. The molecule has 0 heterocycles. The second kappa shape index (κ2) is 6.58. The van der Waals surface area contributed by atoms with Gasteiger partial charge in [-0.15, -0.1) is 0 Å². The van der Waals surface area contributed by atoms with E-state index in [1.54, 1.807) is 0 Å². The van der Waals surface area contributed by atoms with Gasteiger partial charge in [-0.3, -0.25) is 4.79 Å². The van der Waals surface area contributed by atoms with Crippen molar-refractivity contribution < 1.29 is 9.90 Å². The number of Topliss-reactive ketones (excluding diaryl/α,β-unsaturated/α-hetero) is 1. The molecule has 2 nitrogen and oxygen atoms in total. The molecule has 3 heteroatoms. The number of hydrogen-bond donors (Lipinski definition) is 1. The fourth-order valence-electron chi connectivity index (χ4n) is 8.29. The minimum atomic E-state index is -0.447. The first-order valence-electron chi connectivity index (χ1n) is 11.0. The zero-order chi connectivity index (χ0) is 18.7. The van der Waals surface area contributed by atoms with E-state index >= 15 is 0 Å². The van der Waals surface area contributed by atoms with Crippen LogP contribution in [0, 0.1) is 40.4 Å². The first-order chi connectivity index (χ1) is 12.2. The number of ketones is 1. The van der Waals surface area contributed by atoms with Crippen molar-refractivity contribution in [2.24, 2.45) is 40.4 Å². The molecule has 8 atom stereocenters. The summed E-state index contributed by atoms with van der Waals surface area (Å²) in [4.78, 5) is 12.6. The average molecular weight is 425 g/mol. The highest BCUT2D eigenvalue weighted by molar-refractivity contribution is 9.09. The van der Waals surface area contributed by atoms with Gasteiger partial charge in [-0.2, -0.15) is 0 Å². The van der Waals surface area contributed by atoms with Crippen LogP contribution in [0.5, 0.6) is 0 Å². The molecule has 0 amide bonds. The predicted molar refractivity (Wildman–Crippen MR) is 109 cm³/mol. The van der Waals surface area contributed by atoms with Gasteiger partial charge >= 0.3 is 0 Å². The SMILES string of the molecule is C[C@@]1(O)CC[C@@]2(C)[C@@H](CC[C@@H]3[C@@H]2CCC[C@]2(C)[C@@H](C(=O)CBr)CC[C@@H]32)C1. The Balaban J connectivity index is 1.63. The molecule has 1 N–H and O–H groups in total. The van der Waals surface area contributed by atoms with E-state index in [0.717, 1.165) is 37.0 Å². The van der Waals surface area contributed by atoms with Crippen molar-refractivity contribution in [3.05, 3.63) is 0 Å². The molecule has 0 saturated heterocycles. The smallest absolute Gasteiger partial charge is 0.147 e. The third-order valence-electron chi connectivity index (χ3n) is 9.71. The molecule has 0 radical (unpaired) electrons. The molecule has 4 aliphatic rings. The van der Waals surface area contributed by atoms with Crippen LogP contribution in [-0.4, -0.2) is 21.8 Å². The summed E-state index contributed by atoms with van der Waals surface area (Å²) < 4.78 is 0. The maximum absolute atomic E-state index is 12.6. The van der Waals surface area contributed by atoms with Crippen LogP contribution in [0.3, 0.4) is 0 Å². The lowest BCUT2D eigenvalue weighted by Crippen LogP contribution is -2.52. The molecule has 0 unspecified atom stereocenters. The van der Waals surface area contributed by atoms with Gasteiger partial charge in [0.05, 0.1) is 10.9 Å². The first-order valence-corrected chi connectivity index (χ1v) is 12.1. The molecule has 0 spiro atoms. The van der Waals surface area contributed by atoms with Crippen molar-refractivity contribution in [1.82, 2.24) is 0 Å². The van der Waals surface area contributed by atoms with Gasteiger partial charge in [0.2, 0.25) is 0 Å². The molecule has 0 aromatic rings. The summed E-state index contributed by atoms with van der Waals surface area (Å²) in [5.41, 5.74) is 0.193. The molecular weight excluding hydrogens is 388 g/mol. The molecule has 148 valence electrons. The molecule has 0 aromatic heterocycles. The second-order valence-corrected chi connectivity index (χ2v) is 11.5. The van der Waals surface area contributed by atoms with Crippen molar-refractivity contribution in [2.75, 3.05) is 5.33 Å². The normalized spacial score (nSPS) is 54.0. The van der Waals surface area contributed by atoms with E-state index in [-0.39, 0.29) is 11.3 Å². The van der Waals surface area contributed by atoms with E-state index in [0.29, 0.717) is 22.4 Å². The van der Waals surface area contributed by atoms with Gasteiger partial charge in [-0.05, 0) is 99.2 Å². The fourth-order valence-corrected chi connectivity index (χ4v) is 8.68. The van der Waals surface area contributed by atoms with Gasteiger partial charge < -0.3 is 5.11 Å². The first kappa shape index (κ1) is 19.4. The summed E-state index contributed by atoms with van der Waals surface area (Å²) in [6, 6.07) is 0. The Morgan fingerprint density at radius 1 is 0.962 bits per heavy atom. The van der Waals surface area contributed by atoms with Gasteiger partial charge in [0.1, 0.15) is 5.78 Å². The van der Waals surface area contributed by atoms with Crippen LogP contribution in [0.25, 0.3) is 0 Å². The predicted octanol–water partition coefficient (Wildman–Crippen LogP) is 5.75. The summed E-state index contributed by atoms with van der Waals surface area (Å²) in [6.07, 6.45) is 12.0. The maximum Gasteiger partial charge on any atom is 0.147 e. The van der Waals surface area contributed by atoms with Crippen LogP contribution in [0.2, 0.25) is 0 Å². The van der Waals surface area contributed by atoms with Gasteiger partial charge in [0, 0.05) is 5.92 Å². The number of carbonyl (C=O) groups is 1. The minimum absolute atomic E-state index is 0.230. The Morgan fingerprint density at radius 3 is 2.42 bits per heavy atom. The van der Waals surface area contributed by atoms with E-state index in [9.17, 15) is 9.90 Å². The zero-order valence-electron chi connectivity index (χ0n) is 16.9. The maximum atomic E-state index is 12.6. The summed E-state index contributed by atoms with van der Waals surface area (Å²) in [6.45, 7) is 7.07. The quantitative estimate of drug-likeness (QED) is 0.572. The largest absolute Gasteiger partial charge is 0.390 e. The summed E-state index contributed by atoms with van der Waals surface area (Å²) in [5, 5.41) is 11.2. The summed E-state index contributed by atoms with van der Waals surface area (Å²) in [7, 11) is 0. The monoisotopic (exact) mass is 424 g/mol. The molecule has 4 saturated carbocycles. The molecule has 4 aliphatic carbocycles. The van der Waals surface area contributed by atoms with Crippen LogP contribution in [0.15, 0.2) is 0 Å². The number of fused-ring (bicyclic) bond motifs is 5. The molecule has 0 aliphatic heterocycles. The van der Waals surface area contributed by atoms with Crippen molar-refractivity contribution >= 4 is 21.7 Å². The number of aliphatic hydroxyl groups is 1. The molecule has 4 rings (SSSR count). The van der Waals surface area contributed by atoms with E-state index in [1.807, 2.05) is 0 Å².